The Kier molecular flexibility index (Phi) is 4.48. The Morgan fingerprint density at radius 1 is 1.35 bits per heavy atom. The lowest BCUT2D eigenvalue weighted by Crippen LogP contribution is -2.06. The second kappa shape index (κ2) is 5.95. The predicted molar refractivity (Wildman–Crippen MR) is 83.5 cm³/mol. The summed E-state index contributed by atoms with van der Waals surface area (Å²) in [4.78, 5) is 0. The van der Waals surface area contributed by atoms with Crippen LogP contribution in [0.4, 0.5) is 10.1 Å². The van der Waals surface area contributed by atoms with Crippen molar-refractivity contribution in [2.75, 3.05) is 5.32 Å². The maximum atomic E-state index is 13.1. The molecule has 0 aliphatic rings. The van der Waals surface area contributed by atoms with Crippen molar-refractivity contribution in [3.63, 3.8) is 0 Å². The van der Waals surface area contributed by atoms with Gasteiger partial charge in [-0.05, 0) is 45.4 Å². The first-order valence-corrected chi connectivity index (χ1v) is 7.43. The highest BCUT2D eigenvalue weighted by Gasteiger charge is 2.13. The van der Waals surface area contributed by atoms with Crippen LogP contribution in [0.5, 0.6) is 0 Å². The van der Waals surface area contributed by atoms with Crippen LogP contribution in [-0.4, -0.2) is 9.78 Å². The van der Waals surface area contributed by atoms with Crippen molar-refractivity contribution in [2.24, 2.45) is 0 Å². The molecule has 5 heteroatoms. The molecule has 0 fully saturated rings. The summed E-state index contributed by atoms with van der Waals surface area (Å²) < 4.78 is 15.9. The standard InChI is InChI=1S/C15H19BrFN3/c1-9(2)20-11(4)15(10(3)19-20)18-8-12-5-6-13(17)7-14(12)16/h5-7,9,18H,8H2,1-4H3. The van der Waals surface area contributed by atoms with Crippen LogP contribution >= 0.6 is 15.9 Å². The first-order chi connectivity index (χ1) is 9.40. The van der Waals surface area contributed by atoms with Crippen LogP contribution < -0.4 is 5.32 Å². The summed E-state index contributed by atoms with van der Waals surface area (Å²) in [5.41, 5.74) is 4.17. The predicted octanol–water partition coefficient (Wildman–Crippen LogP) is 4.59. The van der Waals surface area contributed by atoms with Crippen molar-refractivity contribution in [1.82, 2.24) is 9.78 Å². The van der Waals surface area contributed by atoms with Crippen molar-refractivity contribution in [2.45, 2.75) is 40.3 Å². The Balaban J connectivity index is 2.19. The van der Waals surface area contributed by atoms with Gasteiger partial charge in [0.15, 0.2) is 0 Å². The van der Waals surface area contributed by atoms with Gasteiger partial charge in [0.2, 0.25) is 0 Å². The highest BCUT2D eigenvalue weighted by Crippen LogP contribution is 2.24. The van der Waals surface area contributed by atoms with Crippen LogP contribution in [0, 0.1) is 19.7 Å². The maximum Gasteiger partial charge on any atom is 0.124 e. The average Bonchev–Trinajstić information content (AvgIpc) is 2.65. The number of rotatable bonds is 4. The van der Waals surface area contributed by atoms with E-state index in [4.69, 9.17) is 0 Å². The number of hydrogen-bond donors (Lipinski definition) is 1. The van der Waals surface area contributed by atoms with Crippen molar-refractivity contribution in [1.29, 1.82) is 0 Å². The van der Waals surface area contributed by atoms with Gasteiger partial charge in [-0.15, -0.1) is 0 Å². The smallest absolute Gasteiger partial charge is 0.124 e. The molecule has 0 bridgehead atoms. The quantitative estimate of drug-likeness (QED) is 0.882. The fourth-order valence-corrected chi connectivity index (χ4v) is 2.76. The third-order valence-electron chi connectivity index (χ3n) is 3.28. The zero-order chi connectivity index (χ0) is 14.9. The van der Waals surface area contributed by atoms with Gasteiger partial charge in [-0.25, -0.2) is 4.39 Å². The normalized spacial score (nSPS) is 11.2. The van der Waals surface area contributed by atoms with E-state index in [1.807, 2.05) is 11.6 Å². The summed E-state index contributed by atoms with van der Waals surface area (Å²) in [6.07, 6.45) is 0. The number of halogens is 2. The lowest BCUT2D eigenvalue weighted by molar-refractivity contribution is 0.516. The molecule has 1 N–H and O–H groups in total. The molecule has 2 rings (SSSR count). The van der Waals surface area contributed by atoms with Gasteiger partial charge in [0.1, 0.15) is 5.82 Å². The molecule has 0 spiro atoms. The molecule has 0 aliphatic heterocycles. The first-order valence-electron chi connectivity index (χ1n) is 6.63. The van der Waals surface area contributed by atoms with E-state index in [1.54, 1.807) is 6.07 Å². The zero-order valence-corrected chi connectivity index (χ0v) is 13.8. The summed E-state index contributed by atoms with van der Waals surface area (Å²) in [5, 5.41) is 7.94. The van der Waals surface area contributed by atoms with E-state index in [0.717, 1.165) is 27.1 Å². The van der Waals surface area contributed by atoms with E-state index in [0.29, 0.717) is 12.6 Å². The fourth-order valence-electron chi connectivity index (χ4n) is 2.27. The molecule has 0 aliphatic carbocycles. The van der Waals surface area contributed by atoms with Crippen LogP contribution in [0.3, 0.4) is 0 Å². The molecule has 1 heterocycles. The van der Waals surface area contributed by atoms with Crippen LogP contribution in [0.15, 0.2) is 22.7 Å². The van der Waals surface area contributed by atoms with Crippen LogP contribution in [0.2, 0.25) is 0 Å². The number of anilines is 1. The summed E-state index contributed by atoms with van der Waals surface area (Å²) >= 11 is 3.39. The van der Waals surface area contributed by atoms with E-state index in [2.05, 4.69) is 47.1 Å². The SMILES string of the molecule is Cc1nn(C(C)C)c(C)c1NCc1ccc(F)cc1Br. The molecule has 20 heavy (non-hydrogen) atoms. The minimum absolute atomic E-state index is 0.236. The van der Waals surface area contributed by atoms with Crippen molar-refractivity contribution < 1.29 is 4.39 Å². The Labute approximate surface area is 127 Å². The molecular weight excluding hydrogens is 321 g/mol. The third kappa shape index (κ3) is 3.03. The van der Waals surface area contributed by atoms with Gasteiger partial charge in [-0.1, -0.05) is 22.0 Å². The van der Waals surface area contributed by atoms with Crippen molar-refractivity contribution >= 4 is 21.6 Å². The minimum Gasteiger partial charge on any atom is -0.378 e. The summed E-state index contributed by atoms with van der Waals surface area (Å²) in [6.45, 7) is 8.90. The lowest BCUT2D eigenvalue weighted by Gasteiger charge is -2.11. The second-order valence-electron chi connectivity index (χ2n) is 5.17. The Hall–Kier alpha value is -1.36. The molecule has 0 atom stereocenters. The molecule has 1 aromatic carbocycles. The fraction of sp³-hybridized carbons (Fsp3) is 0.400. The molecule has 3 nitrogen and oxygen atoms in total. The van der Waals surface area contributed by atoms with Crippen molar-refractivity contribution in [3.8, 4) is 0 Å². The van der Waals surface area contributed by atoms with Gasteiger partial charge in [0.25, 0.3) is 0 Å². The summed E-state index contributed by atoms with van der Waals surface area (Å²) in [7, 11) is 0. The monoisotopic (exact) mass is 339 g/mol. The van der Waals surface area contributed by atoms with Crippen LogP contribution in [0.1, 0.15) is 36.8 Å². The first kappa shape index (κ1) is 15.0. The number of aromatic nitrogens is 2. The molecule has 0 saturated heterocycles. The highest BCUT2D eigenvalue weighted by molar-refractivity contribution is 9.10. The van der Waals surface area contributed by atoms with Gasteiger partial charge in [-0.2, -0.15) is 5.10 Å². The minimum atomic E-state index is -0.236. The third-order valence-corrected chi connectivity index (χ3v) is 4.02. The Bertz CT molecular complexity index is 620. The van der Waals surface area contributed by atoms with E-state index in [-0.39, 0.29) is 5.82 Å². The van der Waals surface area contributed by atoms with E-state index in [1.165, 1.54) is 12.1 Å². The topological polar surface area (TPSA) is 29.9 Å². The van der Waals surface area contributed by atoms with E-state index < -0.39 is 0 Å². The molecule has 0 radical (unpaired) electrons. The molecule has 108 valence electrons. The number of hydrogen-bond acceptors (Lipinski definition) is 2. The van der Waals surface area contributed by atoms with Gasteiger partial charge < -0.3 is 5.32 Å². The summed E-state index contributed by atoms with van der Waals surface area (Å²) in [6, 6.07) is 5.07. The lowest BCUT2D eigenvalue weighted by atomic mass is 10.2. The molecule has 0 unspecified atom stereocenters. The number of nitrogens with one attached hydrogen (secondary N) is 1. The van der Waals surface area contributed by atoms with Gasteiger partial charge in [-0.3, -0.25) is 4.68 Å². The maximum absolute atomic E-state index is 13.1. The molecule has 2 aromatic rings. The average molecular weight is 340 g/mol. The Morgan fingerprint density at radius 2 is 2.05 bits per heavy atom. The molecule has 1 aromatic heterocycles. The van der Waals surface area contributed by atoms with Crippen LogP contribution in [-0.2, 0) is 6.54 Å². The van der Waals surface area contributed by atoms with Gasteiger partial charge in [0.05, 0.1) is 17.1 Å². The van der Waals surface area contributed by atoms with Gasteiger partial charge >= 0.3 is 0 Å². The van der Waals surface area contributed by atoms with Crippen molar-refractivity contribution in [3.05, 3.63) is 45.4 Å². The number of benzene rings is 1. The molecule has 0 saturated carbocycles. The molecule has 0 amide bonds. The molecular formula is C15H19BrFN3. The van der Waals surface area contributed by atoms with Gasteiger partial charge in [0, 0.05) is 17.1 Å². The largest absolute Gasteiger partial charge is 0.378 e. The summed E-state index contributed by atoms with van der Waals surface area (Å²) in [5.74, 6) is -0.236. The second-order valence-corrected chi connectivity index (χ2v) is 6.03. The van der Waals surface area contributed by atoms with E-state index in [9.17, 15) is 4.39 Å². The number of aryl methyl sites for hydroxylation is 1. The number of nitrogens with zero attached hydrogens (tertiary/aromatic N) is 2. The zero-order valence-electron chi connectivity index (χ0n) is 12.2. The Morgan fingerprint density at radius 3 is 2.60 bits per heavy atom. The highest BCUT2D eigenvalue weighted by atomic mass is 79.9. The van der Waals surface area contributed by atoms with Crippen LogP contribution in [0.25, 0.3) is 0 Å². The van der Waals surface area contributed by atoms with E-state index >= 15 is 0 Å².